The summed E-state index contributed by atoms with van der Waals surface area (Å²) in [5.74, 6) is 0.819. The van der Waals surface area contributed by atoms with Crippen LogP contribution >= 0.6 is 0 Å². The van der Waals surface area contributed by atoms with Gasteiger partial charge in [-0.25, -0.2) is 4.98 Å². The monoisotopic (exact) mass is 1010 g/mol. The Labute approximate surface area is 460 Å². The van der Waals surface area contributed by atoms with E-state index < -0.39 is 0 Å². The smallest absolute Gasteiger partial charge is 0.134 e. The zero-order chi connectivity index (χ0) is 52.2. The number of allylic oxidation sites excluding steroid dienone is 5. The van der Waals surface area contributed by atoms with Crippen LogP contribution in [0.4, 0.5) is 0 Å². The Morgan fingerprint density at radius 2 is 0.848 bits per heavy atom. The summed E-state index contributed by atoms with van der Waals surface area (Å²) in [6.07, 6.45) is 14.2. The number of benzene rings is 11. The lowest BCUT2D eigenvalue weighted by atomic mass is 9.76. The number of fused-ring (bicyclic) bond motifs is 9. The highest BCUT2D eigenvalue weighted by atomic mass is 16.5. The highest BCUT2D eigenvalue weighted by Crippen LogP contribution is 2.54. The first-order valence-corrected chi connectivity index (χ1v) is 27.4. The Bertz CT molecular complexity index is 4310. The molecule has 1 aliphatic heterocycles. The number of nitrogens with zero attached hydrogens (tertiary/aromatic N) is 2. The average molecular weight is 1010 g/mol. The first-order valence-electron chi connectivity index (χ1n) is 27.4. The second-order valence-electron chi connectivity index (χ2n) is 21.1. The Morgan fingerprint density at radius 1 is 0.405 bits per heavy atom. The second-order valence-corrected chi connectivity index (χ2v) is 21.1. The molecule has 0 radical (unpaired) electrons. The van der Waals surface area contributed by atoms with Crippen molar-refractivity contribution in [2.24, 2.45) is 0 Å². The van der Waals surface area contributed by atoms with E-state index in [1.807, 2.05) is 6.20 Å². The van der Waals surface area contributed by atoms with Crippen molar-refractivity contribution in [3.05, 3.63) is 313 Å². The molecule has 0 spiro atoms. The third-order valence-corrected chi connectivity index (χ3v) is 16.3. The summed E-state index contributed by atoms with van der Waals surface area (Å²) >= 11 is 0. The zero-order valence-corrected chi connectivity index (χ0v) is 43.4. The molecule has 3 aliphatic rings. The van der Waals surface area contributed by atoms with Crippen LogP contribution in [0.25, 0.3) is 105 Å². The van der Waals surface area contributed by atoms with Gasteiger partial charge in [-0.15, -0.1) is 0 Å². The largest absolute Gasteiger partial charge is 0.484 e. The van der Waals surface area contributed by atoms with Crippen molar-refractivity contribution in [2.75, 3.05) is 0 Å². The van der Waals surface area contributed by atoms with Crippen molar-refractivity contribution in [1.82, 2.24) is 9.97 Å². The van der Waals surface area contributed by atoms with Crippen LogP contribution in [-0.2, 0) is 0 Å². The lowest BCUT2D eigenvalue weighted by Gasteiger charge is -2.30. The van der Waals surface area contributed by atoms with Crippen LogP contribution in [-0.4, -0.2) is 16.1 Å². The maximum Gasteiger partial charge on any atom is 0.134 e. The highest BCUT2D eigenvalue weighted by Gasteiger charge is 2.42. The first-order chi connectivity index (χ1) is 39.1. The standard InChI is InChI=1S/C76H52N2O/c1-6-21-49(22-7-1)56-38-57(50-23-8-2-9-24-50)41-60(40-56)62-44-68(53-29-14-5-15-30-53)75-70(46-62)71-47-63(61-42-58(51-25-10-3-11-26-51)39-59(43-61)52-27-12-4-13-28-52)45-69(76(71)79-75)54-31-20-32-55(37-54)72-48-77-73-66-35-18-16-33-64(66)65-34-17-19-36-67(65)74(73)78-72/h1-36,38-48,55,71,76H,37H2. The summed E-state index contributed by atoms with van der Waals surface area (Å²) < 4.78 is 7.59. The van der Waals surface area contributed by atoms with Gasteiger partial charge in [0, 0.05) is 39.9 Å². The van der Waals surface area contributed by atoms with Crippen molar-refractivity contribution in [3.8, 4) is 72.5 Å². The molecule has 0 bridgehead atoms. The summed E-state index contributed by atoms with van der Waals surface area (Å²) in [6.45, 7) is 0. The van der Waals surface area contributed by atoms with Crippen molar-refractivity contribution in [2.45, 2.75) is 24.4 Å². The lowest BCUT2D eigenvalue weighted by molar-refractivity contribution is 0.258. The third kappa shape index (κ3) is 8.48. The molecule has 372 valence electrons. The van der Waals surface area contributed by atoms with Crippen LogP contribution in [0.1, 0.15) is 35.1 Å². The van der Waals surface area contributed by atoms with E-state index in [4.69, 9.17) is 14.7 Å². The predicted octanol–water partition coefficient (Wildman–Crippen LogP) is 19.5. The number of ether oxygens (including phenoxy) is 1. The number of aromatic nitrogens is 2. The van der Waals surface area contributed by atoms with Crippen LogP contribution in [0.15, 0.2) is 296 Å². The van der Waals surface area contributed by atoms with Crippen LogP contribution in [0.2, 0.25) is 0 Å². The van der Waals surface area contributed by atoms with E-state index in [1.165, 1.54) is 77.6 Å². The molecule has 11 aromatic carbocycles. The topological polar surface area (TPSA) is 35.0 Å². The summed E-state index contributed by atoms with van der Waals surface area (Å²) in [7, 11) is 0. The Morgan fingerprint density at radius 3 is 1.38 bits per heavy atom. The van der Waals surface area contributed by atoms with E-state index in [2.05, 4.69) is 279 Å². The molecule has 1 aromatic heterocycles. The van der Waals surface area contributed by atoms with Gasteiger partial charge in [-0.05, 0) is 155 Å². The summed E-state index contributed by atoms with van der Waals surface area (Å²) in [5, 5.41) is 4.63. The molecule has 0 saturated heterocycles. The fraction of sp³-hybridized carbons (Fsp3) is 0.0526. The molecule has 0 fully saturated rings. The molecule has 12 aromatic rings. The molecule has 2 heterocycles. The fourth-order valence-electron chi connectivity index (χ4n) is 12.5. The molecule has 15 rings (SSSR count). The Kier molecular flexibility index (Phi) is 11.5. The van der Waals surface area contributed by atoms with E-state index in [1.54, 1.807) is 0 Å². The minimum absolute atomic E-state index is 0.00658. The van der Waals surface area contributed by atoms with Gasteiger partial charge < -0.3 is 4.74 Å². The van der Waals surface area contributed by atoms with Crippen LogP contribution in [0.5, 0.6) is 5.75 Å². The van der Waals surface area contributed by atoms with Gasteiger partial charge >= 0.3 is 0 Å². The Hall–Kier alpha value is -9.96. The van der Waals surface area contributed by atoms with Gasteiger partial charge in [0.05, 0.1) is 16.7 Å². The molecule has 0 saturated carbocycles. The average Bonchev–Trinajstić information content (AvgIpc) is 4.00. The summed E-state index contributed by atoms with van der Waals surface area (Å²) in [4.78, 5) is 10.7. The van der Waals surface area contributed by atoms with Gasteiger partial charge in [0.1, 0.15) is 11.9 Å². The van der Waals surface area contributed by atoms with Gasteiger partial charge in [-0.2, -0.15) is 0 Å². The minimum Gasteiger partial charge on any atom is -0.484 e. The lowest BCUT2D eigenvalue weighted by Crippen LogP contribution is -2.25. The van der Waals surface area contributed by atoms with E-state index in [0.717, 1.165) is 67.5 Å². The molecular formula is C76H52N2O. The molecule has 0 N–H and O–H groups in total. The van der Waals surface area contributed by atoms with E-state index in [9.17, 15) is 0 Å². The van der Waals surface area contributed by atoms with Crippen molar-refractivity contribution < 1.29 is 4.74 Å². The molecule has 0 amide bonds. The van der Waals surface area contributed by atoms with Gasteiger partial charge in [-0.1, -0.05) is 224 Å². The van der Waals surface area contributed by atoms with Gasteiger partial charge in [0.25, 0.3) is 0 Å². The molecule has 79 heavy (non-hydrogen) atoms. The van der Waals surface area contributed by atoms with Crippen molar-refractivity contribution in [3.63, 3.8) is 0 Å². The highest BCUT2D eigenvalue weighted by molar-refractivity contribution is 6.23. The maximum atomic E-state index is 7.59. The van der Waals surface area contributed by atoms with Gasteiger partial charge in [0.2, 0.25) is 0 Å². The summed E-state index contributed by atoms with van der Waals surface area (Å²) in [5.41, 5.74) is 22.7. The molecular weight excluding hydrogens is 957 g/mol. The predicted molar refractivity (Wildman–Crippen MR) is 328 cm³/mol. The van der Waals surface area contributed by atoms with Crippen LogP contribution < -0.4 is 4.74 Å². The SMILES string of the molecule is C1=CC(c2cnc3c4ccccc4c4ccccc4c3n2)CC(C2=CC(c3cc(-c4ccccc4)cc(-c4ccccc4)c3)=CC3c4cc(-c5cc(-c6ccccc6)cc(-c6ccccc6)c5)cc(-c5ccccc5)c4OC23)=C1. The van der Waals surface area contributed by atoms with Crippen LogP contribution in [0.3, 0.4) is 0 Å². The number of hydrogen-bond donors (Lipinski definition) is 0. The minimum atomic E-state index is -0.283. The quantitative estimate of drug-likeness (QED) is 0.135. The van der Waals surface area contributed by atoms with Gasteiger partial charge in [-0.3, -0.25) is 4.98 Å². The van der Waals surface area contributed by atoms with Crippen molar-refractivity contribution in [1.29, 1.82) is 0 Å². The Balaban J connectivity index is 0.909. The van der Waals surface area contributed by atoms with Gasteiger partial charge in [0.15, 0.2) is 0 Å². The maximum absolute atomic E-state index is 7.59. The normalized spacial score (nSPS) is 16.5. The fourth-order valence-corrected chi connectivity index (χ4v) is 12.5. The molecule has 3 nitrogen and oxygen atoms in total. The first kappa shape index (κ1) is 46.4. The molecule has 3 unspecified atom stereocenters. The zero-order valence-electron chi connectivity index (χ0n) is 43.4. The summed E-state index contributed by atoms with van der Waals surface area (Å²) in [6, 6.07) is 89.9. The van der Waals surface area contributed by atoms with E-state index >= 15 is 0 Å². The van der Waals surface area contributed by atoms with Crippen molar-refractivity contribution >= 4 is 38.2 Å². The number of rotatable bonds is 9. The number of hydrogen-bond acceptors (Lipinski definition) is 3. The molecule has 3 heteroatoms. The van der Waals surface area contributed by atoms with E-state index in [0.29, 0.717) is 0 Å². The molecule has 2 aliphatic carbocycles. The van der Waals surface area contributed by atoms with E-state index in [-0.39, 0.29) is 17.9 Å². The second kappa shape index (κ2) is 19.6. The third-order valence-electron chi connectivity index (χ3n) is 16.3. The van der Waals surface area contributed by atoms with Crippen LogP contribution in [0, 0.1) is 0 Å². The molecule has 3 atom stereocenters.